The van der Waals surface area contributed by atoms with Gasteiger partial charge in [-0.2, -0.15) is 5.10 Å². The normalized spacial score (nSPS) is 16.9. The molecule has 170 valence electrons. The molecule has 0 atom stereocenters. The van der Waals surface area contributed by atoms with Crippen molar-refractivity contribution in [3.8, 4) is 5.69 Å². The lowest BCUT2D eigenvalue weighted by atomic mass is 10.1. The van der Waals surface area contributed by atoms with Gasteiger partial charge < -0.3 is 4.90 Å². The molecule has 0 saturated carbocycles. The molecule has 6 nitrogen and oxygen atoms in total. The Morgan fingerprint density at radius 1 is 1.00 bits per heavy atom. The van der Waals surface area contributed by atoms with Gasteiger partial charge in [-0.05, 0) is 36.2 Å². The molecule has 1 saturated heterocycles. The molecule has 1 aromatic heterocycles. The maximum absolute atomic E-state index is 15.5. The smallest absolute Gasteiger partial charge is 0.217 e. The number of likely N-dealkylation sites (tertiary alicyclic amines) is 1. The summed E-state index contributed by atoms with van der Waals surface area (Å²) in [5.41, 5.74) is 0.330. The summed E-state index contributed by atoms with van der Waals surface area (Å²) in [5, 5.41) is 1.26. The van der Waals surface area contributed by atoms with Crippen LogP contribution in [-0.2, 0) is 16.3 Å². The first-order valence-corrected chi connectivity index (χ1v) is 11.4. The predicted octanol–water partition coefficient (Wildman–Crippen LogP) is 3.46. The third-order valence-electron chi connectivity index (χ3n) is 5.69. The van der Waals surface area contributed by atoms with Gasteiger partial charge in [-0.1, -0.05) is 6.07 Å². The average molecular weight is 468 g/mol. The van der Waals surface area contributed by atoms with Crippen LogP contribution in [0.5, 0.6) is 0 Å². The van der Waals surface area contributed by atoms with Crippen LogP contribution in [0.15, 0.2) is 53.9 Å². The van der Waals surface area contributed by atoms with Crippen LogP contribution in [0.4, 0.5) is 17.6 Å². The lowest BCUT2D eigenvalue weighted by Crippen LogP contribution is -2.46. The molecule has 0 N–H and O–H groups in total. The molecule has 1 fully saturated rings. The highest BCUT2D eigenvalue weighted by molar-refractivity contribution is 7.92. The zero-order valence-electron chi connectivity index (χ0n) is 16.9. The largest absolute Gasteiger partial charge is 0.303 e. The van der Waals surface area contributed by atoms with Crippen LogP contribution in [0.1, 0.15) is 18.4 Å². The van der Waals surface area contributed by atoms with Crippen LogP contribution >= 0.6 is 0 Å². The number of benzene rings is 2. The molecule has 0 spiro atoms. The number of alkyl halides is 1. The van der Waals surface area contributed by atoms with Gasteiger partial charge in [-0.15, -0.1) is 0 Å². The maximum Gasteiger partial charge on any atom is 0.217 e. The Bertz CT molecular complexity index is 1210. The van der Waals surface area contributed by atoms with Crippen molar-refractivity contribution in [1.82, 2.24) is 19.7 Å². The van der Waals surface area contributed by atoms with Gasteiger partial charge in [0.25, 0.3) is 0 Å². The summed E-state index contributed by atoms with van der Waals surface area (Å²) in [6.45, 7) is 0.649. The Hall–Kier alpha value is -2.79. The lowest BCUT2D eigenvalue weighted by molar-refractivity contribution is 0.120. The van der Waals surface area contributed by atoms with Crippen LogP contribution < -0.4 is 0 Å². The molecule has 2 aromatic carbocycles. The second-order valence-corrected chi connectivity index (χ2v) is 9.88. The second-order valence-electron chi connectivity index (χ2n) is 7.67. The average Bonchev–Trinajstić information content (AvgIpc) is 3.29. The molecule has 0 amide bonds. The first-order valence-electron chi connectivity index (χ1n) is 9.94. The van der Waals surface area contributed by atoms with E-state index in [0.717, 1.165) is 22.9 Å². The highest BCUT2D eigenvalue weighted by atomic mass is 32.2. The van der Waals surface area contributed by atoms with Crippen molar-refractivity contribution in [2.24, 2.45) is 0 Å². The summed E-state index contributed by atoms with van der Waals surface area (Å²) < 4.78 is 83.8. The van der Waals surface area contributed by atoms with E-state index < -0.39 is 37.2 Å². The molecule has 0 bridgehead atoms. The summed E-state index contributed by atoms with van der Waals surface area (Å²) in [7, 11) is -4.45. The van der Waals surface area contributed by atoms with Crippen molar-refractivity contribution in [3.63, 3.8) is 0 Å². The molecular formula is C21H20F4N4O2S. The first-order chi connectivity index (χ1) is 15.2. The van der Waals surface area contributed by atoms with Gasteiger partial charge in [-0.25, -0.2) is 35.6 Å². The van der Waals surface area contributed by atoms with Crippen LogP contribution in [0.2, 0.25) is 0 Å². The fourth-order valence-corrected chi connectivity index (χ4v) is 5.41. The van der Waals surface area contributed by atoms with E-state index in [1.807, 2.05) is 4.90 Å². The van der Waals surface area contributed by atoms with Crippen LogP contribution in [-0.4, -0.2) is 52.7 Å². The number of aromatic nitrogens is 3. The molecule has 11 heteroatoms. The number of sulfone groups is 1. The summed E-state index contributed by atoms with van der Waals surface area (Å²) in [6.07, 6.45) is 2.16. The van der Waals surface area contributed by atoms with E-state index in [-0.39, 0.29) is 38.0 Å². The van der Waals surface area contributed by atoms with Gasteiger partial charge in [0.15, 0.2) is 0 Å². The third kappa shape index (κ3) is 4.26. The van der Waals surface area contributed by atoms with Gasteiger partial charge in [0, 0.05) is 38.5 Å². The molecule has 1 aliphatic heterocycles. The Morgan fingerprint density at radius 3 is 2.38 bits per heavy atom. The Kier molecular flexibility index (Phi) is 6.04. The van der Waals surface area contributed by atoms with E-state index in [9.17, 15) is 21.6 Å². The number of rotatable bonds is 6. The van der Waals surface area contributed by atoms with Gasteiger partial charge >= 0.3 is 0 Å². The molecule has 0 aliphatic carbocycles. The minimum absolute atomic E-state index is 0.00259. The molecule has 2 heterocycles. The number of piperidine rings is 1. The zero-order valence-corrected chi connectivity index (χ0v) is 17.7. The van der Waals surface area contributed by atoms with Crippen molar-refractivity contribution in [2.45, 2.75) is 29.2 Å². The van der Waals surface area contributed by atoms with Crippen molar-refractivity contribution in [1.29, 1.82) is 0 Å². The van der Waals surface area contributed by atoms with Crippen molar-refractivity contribution in [3.05, 3.63) is 72.1 Å². The van der Waals surface area contributed by atoms with Gasteiger partial charge in [0.05, 0.1) is 4.90 Å². The molecule has 0 radical (unpaired) electrons. The monoisotopic (exact) mass is 468 g/mol. The standard InChI is InChI=1S/C21H20F4N4O2S/c22-16-2-1-15(18(23)11-16)5-8-28-9-6-21(25,7-10-28)32(30,31)17-3-4-20(19(24)12-17)29-14-26-13-27-29/h1-4,11-14H,5-10H2. The molecule has 1 aliphatic rings. The fourth-order valence-electron chi connectivity index (χ4n) is 3.77. The Morgan fingerprint density at radius 2 is 1.75 bits per heavy atom. The van der Waals surface area contributed by atoms with E-state index in [2.05, 4.69) is 10.1 Å². The summed E-state index contributed by atoms with van der Waals surface area (Å²) in [4.78, 5) is 5.09. The van der Waals surface area contributed by atoms with Crippen LogP contribution in [0.3, 0.4) is 0 Å². The number of hydrogen-bond donors (Lipinski definition) is 0. The van der Waals surface area contributed by atoms with Gasteiger partial charge in [0.1, 0.15) is 35.8 Å². The third-order valence-corrected chi connectivity index (χ3v) is 7.94. The van der Waals surface area contributed by atoms with E-state index in [4.69, 9.17) is 0 Å². The van der Waals surface area contributed by atoms with Crippen LogP contribution in [0, 0.1) is 17.5 Å². The minimum Gasteiger partial charge on any atom is -0.303 e. The van der Waals surface area contributed by atoms with E-state index >= 15 is 4.39 Å². The Balaban J connectivity index is 1.43. The van der Waals surface area contributed by atoms with E-state index in [0.29, 0.717) is 12.1 Å². The molecule has 32 heavy (non-hydrogen) atoms. The zero-order chi connectivity index (χ0) is 22.9. The fraction of sp³-hybridized carbons (Fsp3) is 0.333. The maximum atomic E-state index is 15.5. The summed E-state index contributed by atoms with van der Waals surface area (Å²) in [6, 6.07) is 6.49. The Labute approximate surface area is 182 Å². The first kappa shape index (κ1) is 22.4. The molecule has 4 rings (SSSR count). The van der Waals surface area contributed by atoms with Crippen molar-refractivity contribution < 1.29 is 26.0 Å². The minimum atomic E-state index is -4.45. The highest BCUT2D eigenvalue weighted by Gasteiger charge is 2.47. The van der Waals surface area contributed by atoms with Gasteiger partial charge in [-0.3, -0.25) is 0 Å². The predicted molar refractivity (Wildman–Crippen MR) is 108 cm³/mol. The molecular weight excluding hydrogens is 448 g/mol. The highest BCUT2D eigenvalue weighted by Crippen LogP contribution is 2.37. The number of nitrogens with zero attached hydrogens (tertiary/aromatic N) is 4. The summed E-state index contributed by atoms with van der Waals surface area (Å²) >= 11 is 0. The van der Waals surface area contributed by atoms with E-state index in [1.165, 1.54) is 30.9 Å². The SMILES string of the molecule is O=S(=O)(c1ccc(-n2cncn2)c(F)c1)C1(F)CCN(CCc2ccc(F)cc2F)CC1. The van der Waals surface area contributed by atoms with E-state index in [1.54, 1.807) is 0 Å². The van der Waals surface area contributed by atoms with Crippen molar-refractivity contribution >= 4 is 9.84 Å². The quantitative estimate of drug-likeness (QED) is 0.519. The topological polar surface area (TPSA) is 68.1 Å². The molecule has 3 aromatic rings. The van der Waals surface area contributed by atoms with Crippen LogP contribution in [0.25, 0.3) is 5.69 Å². The number of hydrogen-bond acceptors (Lipinski definition) is 5. The van der Waals surface area contributed by atoms with Gasteiger partial charge in [0.2, 0.25) is 14.8 Å². The van der Waals surface area contributed by atoms with Crippen molar-refractivity contribution in [2.75, 3.05) is 19.6 Å². The lowest BCUT2D eigenvalue weighted by Gasteiger charge is -2.36. The molecule has 0 unspecified atom stereocenters. The second kappa shape index (κ2) is 8.62. The summed E-state index contributed by atoms with van der Waals surface area (Å²) in [5.74, 6) is -2.18. The number of halogens is 4.